The summed E-state index contributed by atoms with van der Waals surface area (Å²) in [5.74, 6) is 2.57. The van der Waals surface area contributed by atoms with Gasteiger partial charge in [-0.3, -0.25) is 10.3 Å². The summed E-state index contributed by atoms with van der Waals surface area (Å²) in [5.41, 5.74) is 2.04. The molecule has 1 heterocycles. The van der Waals surface area contributed by atoms with Gasteiger partial charge >= 0.3 is 0 Å². The third-order valence-corrected chi connectivity index (χ3v) is 2.57. The number of pyridine rings is 1. The Morgan fingerprint density at radius 3 is 2.94 bits per heavy atom. The molecule has 0 amide bonds. The highest BCUT2D eigenvalue weighted by Crippen LogP contribution is 2.15. The molecule has 0 spiro atoms. The van der Waals surface area contributed by atoms with Crippen LogP contribution in [0.15, 0.2) is 36.4 Å². The first-order chi connectivity index (χ1) is 7.81. The Kier molecular flexibility index (Phi) is 3.19. The van der Waals surface area contributed by atoms with E-state index in [0.29, 0.717) is 6.54 Å². The van der Waals surface area contributed by atoms with Crippen LogP contribution in [0.1, 0.15) is 18.7 Å². The molecule has 1 unspecified atom stereocenters. The molecule has 0 radical (unpaired) electrons. The highest BCUT2D eigenvalue weighted by Gasteiger charge is 2.05. The van der Waals surface area contributed by atoms with Gasteiger partial charge in [-0.15, -0.1) is 6.42 Å². The Balaban J connectivity index is 2.29. The number of hydrogen-bond donors (Lipinski definition) is 1. The summed E-state index contributed by atoms with van der Waals surface area (Å²) in [4.78, 5) is 4.60. The maximum atomic E-state index is 5.21. The van der Waals surface area contributed by atoms with Crippen molar-refractivity contribution in [3.8, 4) is 12.3 Å². The molecule has 2 nitrogen and oxygen atoms in total. The highest BCUT2D eigenvalue weighted by atomic mass is 14.9. The van der Waals surface area contributed by atoms with E-state index in [1.54, 1.807) is 0 Å². The van der Waals surface area contributed by atoms with Gasteiger partial charge in [0.1, 0.15) is 0 Å². The van der Waals surface area contributed by atoms with Crippen molar-refractivity contribution < 1.29 is 0 Å². The van der Waals surface area contributed by atoms with E-state index >= 15 is 0 Å². The maximum Gasteiger partial charge on any atom is 0.0706 e. The van der Waals surface area contributed by atoms with Gasteiger partial charge in [0, 0.05) is 11.4 Å². The summed E-state index contributed by atoms with van der Waals surface area (Å²) < 4.78 is 0. The fourth-order valence-electron chi connectivity index (χ4n) is 1.64. The Labute approximate surface area is 95.7 Å². The fraction of sp³-hybridized carbons (Fsp3) is 0.214. The monoisotopic (exact) mass is 210 g/mol. The Bertz CT molecular complexity index is 525. The number of nitrogens with one attached hydrogen (secondary N) is 1. The summed E-state index contributed by atoms with van der Waals surface area (Å²) in [7, 11) is 0. The van der Waals surface area contributed by atoms with Crippen molar-refractivity contribution >= 4 is 10.9 Å². The molecule has 2 aromatic rings. The molecule has 80 valence electrons. The van der Waals surface area contributed by atoms with Crippen LogP contribution in [-0.2, 0) is 0 Å². The first-order valence-corrected chi connectivity index (χ1v) is 5.34. The molecule has 2 heteroatoms. The van der Waals surface area contributed by atoms with Gasteiger partial charge in [0.15, 0.2) is 0 Å². The first kappa shape index (κ1) is 10.7. The molecule has 1 aromatic heterocycles. The van der Waals surface area contributed by atoms with E-state index in [-0.39, 0.29) is 6.04 Å². The smallest absolute Gasteiger partial charge is 0.0706 e. The van der Waals surface area contributed by atoms with Crippen LogP contribution in [-0.4, -0.2) is 11.5 Å². The molecule has 0 bridgehead atoms. The summed E-state index contributed by atoms with van der Waals surface area (Å²) in [6.45, 7) is 2.63. The van der Waals surface area contributed by atoms with Crippen molar-refractivity contribution in [3.05, 3.63) is 42.1 Å². The Morgan fingerprint density at radius 2 is 2.12 bits per heavy atom. The van der Waals surface area contributed by atoms with Gasteiger partial charge in [-0.05, 0) is 19.1 Å². The van der Waals surface area contributed by atoms with E-state index in [1.165, 1.54) is 0 Å². The largest absolute Gasteiger partial charge is 0.298 e. The van der Waals surface area contributed by atoms with Crippen LogP contribution in [0, 0.1) is 12.3 Å². The Hall–Kier alpha value is -1.85. The molecule has 0 aliphatic carbocycles. The summed E-state index contributed by atoms with van der Waals surface area (Å²) in [5, 5.41) is 4.38. The third kappa shape index (κ3) is 2.21. The zero-order valence-corrected chi connectivity index (χ0v) is 9.27. The second-order valence-corrected chi connectivity index (χ2v) is 3.74. The number of nitrogens with zero attached hydrogens (tertiary/aromatic N) is 1. The van der Waals surface area contributed by atoms with Crippen molar-refractivity contribution in [1.29, 1.82) is 0 Å². The van der Waals surface area contributed by atoms with Crippen molar-refractivity contribution in [2.75, 3.05) is 6.54 Å². The van der Waals surface area contributed by atoms with Crippen LogP contribution in [0.2, 0.25) is 0 Å². The average Bonchev–Trinajstić information content (AvgIpc) is 2.35. The molecule has 1 aromatic carbocycles. The molecule has 16 heavy (non-hydrogen) atoms. The van der Waals surface area contributed by atoms with Crippen LogP contribution in [0.5, 0.6) is 0 Å². The van der Waals surface area contributed by atoms with E-state index in [9.17, 15) is 0 Å². The summed E-state index contributed by atoms with van der Waals surface area (Å²) >= 11 is 0. The zero-order valence-electron chi connectivity index (χ0n) is 9.27. The van der Waals surface area contributed by atoms with Gasteiger partial charge in [-0.2, -0.15) is 0 Å². The number of fused-ring (bicyclic) bond motifs is 1. The van der Waals surface area contributed by atoms with Crippen LogP contribution in [0.25, 0.3) is 10.9 Å². The lowest BCUT2D eigenvalue weighted by molar-refractivity contribution is 0.609. The van der Waals surface area contributed by atoms with E-state index in [0.717, 1.165) is 16.6 Å². The predicted molar refractivity (Wildman–Crippen MR) is 67.0 cm³/mol. The summed E-state index contributed by atoms with van der Waals surface area (Å²) in [6, 6.07) is 12.4. The lowest BCUT2D eigenvalue weighted by atomic mass is 10.1. The molecule has 0 aliphatic rings. The van der Waals surface area contributed by atoms with Crippen LogP contribution in [0.3, 0.4) is 0 Å². The van der Waals surface area contributed by atoms with Gasteiger partial charge in [0.25, 0.3) is 0 Å². The van der Waals surface area contributed by atoms with Crippen LogP contribution >= 0.6 is 0 Å². The molecule has 0 saturated heterocycles. The fourth-order valence-corrected chi connectivity index (χ4v) is 1.64. The lowest BCUT2D eigenvalue weighted by Crippen LogP contribution is -2.19. The standard InChI is InChI=1S/C14H14N2/c1-3-10-15-11(2)13-9-8-12-6-4-5-7-14(12)16-13/h1,4-9,11,15H,10H2,2H3. The number of hydrogen-bond acceptors (Lipinski definition) is 2. The minimum atomic E-state index is 0.181. The second-order valence-electron chi connectivity index (χ2n) is 3.74. The maximum absolute atomic E-state index is 5.21. The highest BCUT2D eigenvalue weighted by molar-refractivity contribution is 5.78. The van der Waals surface area contributed by atoms with E-state index in [2.05, 4.69) is 35.3 Å². The molecule has 1 N–H and O–H groups in total. The van der Waals surface area contributed by atoms with Crippen LogP contribution < -0.4 is 5.32 Å². The third-order valence-electron chi connectivity index (χ3n) is 2.57. The zero-order chi connectivity index (χ0) is 11.4. The van der Waals surface area contributed by atoms with Crippen molar-refractivity contribution in [1.82, 2.24) is 10.3 Å². The number of terminal acetylenes is 1. The number of aromatic nitrogens is 1. The quantitative estimate of drug-likeness (QED) is 0.787. The van der Waals surface area contributed by atoms with E-state index in [4.69, 9.17) is 6.42 Å². The number of benzene rings is 1. The van der Waals surface area contributed by atoms with Crippen molar-refractivity contribution in [2.45, 2.75) is 13.0 Å². The second kappa shape index (κ2) is 4.78. The molecule has 0 saturated carbocycles. The predicted octanol–water partition coefficient (Wildman–Crippen LogP) is 2.52. The van der Waals surface area contributed by atoms with Crippen molar-refractivity contribution in [2.24, 2.45) is 0 Å². The van der Waals surface area contributed by atoms with Gasteiger partial charge in [0.05, 0.1) is 17.8 Å². The normalized spacial score (nSPS) is 12.2. The topological polar surface area (TPSA) is 24.9 Å². The Morgan fingerprint density at radius 1 is 1.31 bits per heavy atom. The number of rotatable bonds is 3. The van der Waals surface area contributed by atoms with Gasteiger partial charge in [-0.25, -0.2) is 0 Å². The molecule has 1 atom stereocenters. The minimum absolute atomic E-state index is 0.181. The average molecular weight is 210 g/mol. The van der Waals surface area contributed by atoms with Gasteiger partial charge < -0.3 is 0 Å². The van der Waals surface area contributed by atoms with Gasteiger partial charge in [0.2, 0.25) is 0 Å². The van der Waals surface area contributed by atoms with E-state index < -0.39 is 0 Å². The minimum Gasteiger partial charge on any atom is -0.298 e. The first-order valence-electron chi connectivity index (χ1n) is 5.34. The van der Waals surface area contributed by atoms with Gasteiger partial charge in [-0.1, -0.05) is 30.2 Å². The number of para-hydroxylation sites is 1. The molecule has 0 fully saturated rings. The SMILES string of the molecule is C#CCNC(C)c1ccc2ccccc2n1. The van der Waals surface area contributed by atoms with Crippen LogP contribution in [0.4, 0.5) is 0 Å². The molecular weight excluding hydrogens is 196 g/mol. The van der Waals surface area contributed by atoms with Crippen molar-refractivity contribution in [3.63, 3.8) is 0 Å². The molecule has 2 rings (SSSR count). The van der Waals surface area contributed by atoms with E-state index in [1.807, 2.05) is 24.3 Å². The molecular formula is C14H14N2. The summed E-state index contributed by atoms with van der Waals surface area (Å²) in [6.07, 6.45) is 5.21. The lowest BCUT2D eigenvalue weighted by Gasteiger charge is -2.11. The molecule has 0 aliphatic heterocycles.